The zero-order valence-electron chi connectivity index (χ0n) is 9.02. The van der Waals surface area contributed by atoms with E-state index in [-0.39, 0.29) is 0 Å². The summed E-state index contributed by atoms with van der Waals surface area (Å²) in [7, 11) is 1.82. The predicted octanol–water partition coefficient (Wildman–Crippen LogP) is 2.90. The smallest absolute Gasteiger partial charge is 0.0422 e. The highest BCUT2D eigenvalue weighted by Crippen LogP contribution is 2.02. The van der Waals surface area contributed by atoms with Crippen molar-refractivity contribution >= 4 is 6.21 Å². The van der Waals surface area contributed by atoms with Gasteiger partial charge in [-0.3, -0.25) is 0 Å². The quantitative estimate of drug-likeness (QED) is 0.506. The summed E-state index contributed by atoms with van der Waals surface area (Å²) in [5.74, 6) is 0. The van der Waals surface area contributed by atoms with Crippen LogP contribution >= 0.6 is 0 Å². The summed E-state index contributed by atoms with van der Waals surface area (Å²) in [6, 6.07) is 0. The van der Waals surface area contributed by atoms with Gasteiger partial charge in [-0.25, -0.2) is 0 Å². The Morgan fingerprint density at radius 3 is 2.15 bits per heavy atom. The number of allylic oxidation sites excluding steroid dienone is 4. The molecule has 0 aromatic carbocycles. The Hall–Kier alpha value is -1.31. The SMILES string of the molecule is C=C/C=C(NC)\C(C=N)=C/C.CC. The van der Waals surface area contributed by atoms with E-state index >= 15 is 0 Å². The van der Waals surface area contributed by atoms with Crippen molar-refractivity contribution in [1.82, 2.24) is 5.32 Å². The summed E-state index contributed by atoms with van der Waals surface area (Å²) in [4.78, 5) is 0. The summed E-state index contributed by atoms with van der Waals surface area (Å²) in [6.45, 7) is 9.48. The lowest BCUT2D eigenvalue weighted by atomic mass is 10.2. The van der Waals surface area contributed by atoms with Crippen LogP contribution in [0.1, 0.15) is 20.8 Å². The second kappa shape index (κ2) is 10.7. The molecule has 0 aromatic heterocycles. The van der Waals surface area contributed by atoms with Gasteiger partial charge in [-0.05, 0) is 13.0 Å². The summed E-state index contributed by atoms with van der Waals surface area (Å²) in [6.07, 6.45) is 6.71. The minimum atomic E-state index is 0.868. The Balaban J connectivity index is 0. The molecule has 0 heterocycles. The van der Waals surface area contributed by atoms with Gasteiger partial charge in [0.2, 0.25) is 0 Å². The third-order valence-corrected chi connectivity index (χ3v) is 1.33. The number of hydrogen-bond acceptors (Lipinski definition) is 2. The molecule has 0 aromatic rings. The Kier molecular flexibility index (Phi) is 11.7. The first-order valence-electron chi connectivity index (χ1n) is 4.47. The first kappa shape index (κ1) is 14.2. The second-order valence-electron chi connectivity index (χ2n) is 1.95. The van der Waals surface area contributed by atoms with Crippen LogP contribution in [0.3, 0.4) is 0 Å². The molecule has 0 rings (SSSR count). The standard InChI is InChI=1S/C9H14N2.C2H6/c1-4-6-9(11-3)8(5-2)7-10;1-2/h4-7,10-11H,1H2,2-3H3;1-2H3/b8-5-,9-6+,10-7?;. The first-order chi connectivity index (χ1) is 6.29. The Morgan fingerprint density at radius 1 is 1.38 bits per heavy atom. The fraction of sp³-hybridized carbons (Fsp3) is 0.364. The van der Waals surface area contributed by atoms with Crippen LogP contribution in [0.2, 0.25) is 0 Å². The van der Waals surface area contributed by atoms with E-state index in [0.717, 1.165) is 11.3 Å². The lowest BCUT2D eigenvalue weighted by Gasteiger charge is -2.04. The molecule has 2 heteroatoms. The fourth-order valence-electron chi connectivity index (χ4n) is 0.758. The van der Waals surface area contributed by atoms with Crippen LogP contribution in [0.15, 0.2) is 36.1 Å². The Labute approximate surface area is 81.6 Å². The van der Waals surface area contributed by atoms with Crippen molar-refractivity contribution in [3.8, 4) is 0 Å². The molecule has 0 spiro atoms. The van der Waals surface area contributed by atoms with Crippen LogP contribution in [0.5, 0.6) is 0 Å². The van der Waals surface area contributed by atoms with E-state index in [1.54, 1.807) is 6.08 Å². The van der Waals surface area contributed by atoms with Gasteiger partial charge in [0, 0.05) is 24.5 Å². The normalized spacial score (nSPS) is 11.1. The van der Waals surface area contributed by atoms with Gasteiger partial charge in [0.05, 0.1) is 0 Å². The van der Waals surface area contributed by atoms with E-state index in [9.17, 15) is 0 Å². The number of likely N-dealkylation sites (N-methyl/N-ethyl adjacent to an activating group) is 1. The van der Waals surface area contributed by atoms with Gasteiger partial charge in [-0.1, -0.05) is 32.6 Å². The maximum absolute atomic E-state index is 7.06. The van der Waals surface area contributed by atoms with Crippen LogP contribution in [0, 0.1) is 5.41 Å². The number of hydrogen-bond donors (Lipinski definition) is 2. The predicted molar refractivity (Wildman–Crippen MR) is 61.2 cm³/mol. The minimum absolute atomic E-state index is 0.868. The van der Waals surface area contributed by atoms with Crippen LogP contribution in [-0.4, -0.2) is 13.3 Å². The molecule has 0 radical (unpaired) electrons. The topological polar surface area (TPSA) is 35.9 Å². The van der Waals surface area contributed by atoms with Gasteiger partial charge in [-0.15, -0.1) is 0 Å². The molecular formula is C11H20N2. The molecule has 0 amide bonds. The van der Waals surface area contributed by atoms with Crippen molar-refractivity contribution in [2.75, 3.05) is 7.05 Å². The van der Waals surface area contributed by atoms with Crippen molar-refractivity contribution in [1.29, 1.82) is 5.41 Å². The van der Waals surface area contributed by atoms with E-state index in [1.165, 1.54) is 6.21 Å². The number of rotatable bonds is 4. The molecule has 13 heavy (non-hydrogen) atoms. The second-order valence-corrected chi connectivity index (χ2v) is 1.95. The van der Waals surface area contributed by atoms with Gasteiger partial charge in [0.1, 0.15) is 0 Å². The number of nitrogens with one attached hydrogen (secondary N) is 2. The Bertz CT molecular complexity index is 200. The summed E-state index contributed by atoms with van der Waals surface area (Å²) < 4.78 is 0. The van der Waals surface area contributed by atoms with Crippen LogP contribution < -0.4 is 5.32 Å². The minimum Gasteiger partial charge on any atom is -0.388 e. The van der Waals surface area contributed by atoms with Gasteiger partial charge in [-0.2, -0.15) is 0 Å². The summed E-state index contributed by atoms with van der Waals surface area (Å²) >= 11 is 0. The molecule has 0 aliphatic carbocycles. The first-order valence-corrected chi connectivity index (χ1v) is 4.47. The lowest BCUT2D eigenvalue weighted by molar-refractivity contribution is 1.02. The van der Waals surface area contributed by atoms with Gasteiger partial charge in [0.15, 0.2) is 0 Å². The van der Waals surface area contributed by atoms with E-state index in [0.29, 0.717) is 0 Å². The van der Waals surface area contributed by atoms with Crippen molar-refractivity contribution in [2.45, 2.75) is 20.8 Å². The molecule has 0 saturated heterocycles. The largest absolute Gasteiger partial charge is 0.388 e. The Morgan fingerprint density at radius 2 is 1.92 bits per heavy atom. The van der Waals surface area contributed by atoms with Gasteiger partial charge >= 0.3 is 0 Å². The molecule has 0 saturated carbocycles. The van der Waals surface area contributed by atoms with Crippen molar-refractivity contribution in [2.24, 2.45) is 0 Å². The molecule has 0 aliphatic rings. The zero-order valence-corrected chi connectivity index (χ0v) is 9.02. The summed E-state index contributed by atoms with van der Waals surface area (Å²) in [5.41, 5.74) is 1.78. The van der Waals surface area contributed by atoms with Crippen LogP contribution in [-0.2, 0) is 0 Å². The molecule has 0 unspecified atom stereocenters. The third kappa shape index (κ3) is 5.91. The molecule has 74 valence electrons. The zero-order chi connectivity index (χ0) is 10.7. The molecular weight excluding hydrogens is 160 g/mol. The molecule has 2 nitrogen and oxygen atoms in total. The van der Waals surface area contributed by atoms with Crippen molar-refractivity contribution in [3.63, 3.8) is 0 Å². The average Bonchev–Trinajstić information content (AvgIpc) is 2.21. The molecule has 2 N–H and O–H groups in total. The average molecular weight is 180 g/mol. The maximum atomic E-state index is 7.06. The monoisotopic (exact) mass is 180 g/mol. The van der Waals surface area contributed by atoms with Crippen LogP contribution in [0.25, 0.3) is 0 Å². The van der Waals surface area contributed by atoms with E-state index in [1.807, 2.05) is 40.0 Å². The van der Waals surface area contributed by atoms with Crippen molar-refractivity contribution < 1.29 is 0 Å². The van der Waals surface area contributed by atoms with Crippen LogP contribution in [0.4, 0.5) is 0 Å². The lowest BCUT2D eigenvalue weighted by Crippen LogP contribution is -2.08. The van der Waals surface area contributed by atoms with Crippen molar-refractivity contribution in [3.05, 3.63) is 36.1 Å². The van der Waals surface area contributed by atoms with E-state index in [2.05, 4.69) is 11.9 Å². The van der Waals surface area contributed by atoms with E-state index in [4.69, 9.17) is 5.41 Å². The highest BCUT2D eigenvalue weighted by atomic mass is 14.8. The van der Waals surface area contributed by atoms with Gasteiger partial charge in [0.25, 0.3) is 0 Å². The highest BCUT2D eigenvalue weighted by molar-refractivity contribution is 5.81. The fourth-order valence-corrected chi connectivity index (χ4v) is 0.758. The molecule has 0 aliphatic heterocycles. The third-order valence-electron chi connectivity index (χ3n) is 1.33. The van der Waals surface area contributed by atoms with E-state index < -0.39 is 0 Å². The summed E-state index contributed by atoms with van der Waals surface area (Å²) in [5, 5.41) is 10.0. The molecule has 0 atom stereocenters. The maximum Gasteiger partial charge on any atom is 0.0422 e. The molecule has 0 bridgehead atoms. The van der Waals surface area contributed by atoms with Gasteiger partial charge < -0.3 is 10.7 Å². The highest BCUT2D eigenvalue weighted by Gasteiger charge is 1.95. The molecule has 0 fully saturated rings.